The van der Waals surface area contributed by atoms with Crippen LogP contribution in [-0.4, -0.2) is 212 Å². The summed E-state index contributed by atoms with van der Waals surface area (Å²) in [7, 11) is 0. The van der Waals surface area contributed by atoms with Crippen molar-refractivity contribution >= 4 is 94.6 Å². The zero-order valence-electron chi connectivity index (χ0n) is 51.8. The maximum Gasteiger partial charge on any atom is 0.326 e. The Morgan fingerprint density at radius 1 is 0.563 bits per heavy atom. The molecule has 1 saturated heterocycles. The van der Waals surface area contributed by atoms with Crippen molar-refractivity contribution in [2.24, 2.45) is 35.1 Å². The van der Waals surface area contributed by atoms with E-state index < -0.39 is 199 Å². The van der Waals surface area contributed by atoms with Gasteiger partial charge in [-0.2, -0.15) is 11.8 Å². The molecule has 0 bridgehead atoms. The quantitative estimate of drug-likeness (QED) is 0.0278. The number of carboxylic acids is 2. The summed E-state index contributed by atoms with van der Waals surface area (Å²) >= 11 is 1.26. The molecule has 0 spiro atoms. The molecule has 1 rings (SSSR count). The molecule has 87 heavy (non-hydrogen) atoms. The summed E-state index contributed by atoms with van der Waals surface area (Å²) in [5.41, 5.74) is 11.1. The number of aliphatic hydroxyl groups excluding tert-OH is 2. The van der Waals surface area contributed by atoms with Gasteiger partial charge in [-0.1, -0.05) is 61.8 Å². The lowest BCUT2D eigenvalue weighted by molar-refractivity contribution is -0.144. The lowest BCUT2D eigenvalue weighted by Gasteiger charge is -2.33. The SMILES string of the molecule is CC[C@H](C)[C@H](NC(=O)[C@@H](NC(=O)[C@H](CCSC)NC(=O)[C@H](CCC(=O)O)NC(=O)[C@@H](NC(=O)[C@@H](NC(=O)[C@H](CC(C)C)NC(=O)[C@@H](N)CCC(N)=O)[C@@H](C)O)C(C)C)[C@@H](C)O)C(=O)N1CCC[C@H]1C(=O)N[C@@H](C)C(=O)NCC(=O)N[C@H](C(=O)O)C(C)C. The Balaban J connectivity index is 3.37. The van der Waals surface area contributed by atoms with Gasteiger partial charge in [-0.05, 0) is 95.0 Å². The molecule has 0 saturated carbocycles. The van der Waals surface area contributed by atoms with Gasteiger partial charge in [-0.3, -0.25) is 62.3 Å². The number of carbonyl (C=O) groups is 14. The summed E-state index contributed by atoms with van der Waals surface area (Å²) in [6, 6.07) is -15.5. The third-order valence-electron chi connectivity index (χ3n) is 14.3. The summed E-state index contributed by atoms with van der Waals surface area (Å²) < 4.78 is 0. The molecule has 0 unspecified atom stereocenters. The average Bonchev–Trinajstić information content (AvgIpc) is 2.66. The number of primary amides is 1. The molecule has 32 heteroatoms. The normalized spacial score (nSPS) is 17.6. The first-order valence-electron chi connectivity index (χ1n) is 29.1. The van der Waals surface area contributed by atoms with Gasteiger partial charge in [0.05, 0.1) is 24.8 Å². The number of nitrogens with two attached hydrogens (primary N) is 2. The van der Waals surface area contributed by atoms with Crippen molar-refractivity contribution in [3.63, 3.8) is 0 Å². The number of aliphatic hydroxyl groups is 2. The highest BCUT2D eigenvalue weighted by atomic mass is 32.2. The molecule has 31 nitrogen and oxygen atoms in total. The number of likely N-dealkylation sites (tertiary alicyclic amines) is 1. The van der Waals surface area contributed by atoms with Gasteiger partial charge in [0.15, 0.2) is 0 Å². The van der Waals surface area contributed by atoms with Gasteiger partial charge in [0.2, 0.25) is 70.9 Å². The third-order valence-corrected chi connectivity index (χ3v) is 15.0. The lowest BCUT2D eigenvalue weighted by Crippen LogP contribution is -2.63. The van der Waals surface area contributed by atoms with Gasteiger partial charge in [-0.15, -0.1) is 0 Å². The van der Waals surface area contributed by atoms with Crippen LogP contribution in [0.1, 0.15) is 134 Å². The Kier molecular flexibility index (Phi) is 34.1. The number of rotatable bonds is 39. The van der Waals surface area contributed by atoms with E-state index in [1.54, 1.807) is 47.8 Å². The molecule has 0 radical (unpaired) electrons. The largest absolute Gasteiger partial charge is 0.481 e. The second-order valence-corrected chi connectivity index (χ2v) is 23.9. The number of hydrogen-bond donors (Lipinski definition) is 16. The Morgan fingerprint density at radius 3 is 1.53 bits per heavy atom. The van der Waals surface area contributed by atoms with E-state index in [-0.39, 0.29) is 50.3 Å². The molecule has 0 aliphatic carbocycles. The maximum atomic E-state index is 14.4. The standard InChI is InChI=1S/C55H95N13O18S/c1-13-28(8)42(54(84)68-21-14-15-36(68)50(80)59-29(9)45(75)58-24-38(72)63-41(27(6)7)55(85)86)65-53(83)44(31(11)70)66-48(78)34(20-22-87-12)60-47(77)33(17-19-39(73)74)61-51(81)40(26(4)5)64-52(82)43(30(10)69)67-49(79)35(23-25(2)3)62-46(76)32(56)16-18-37(57)71/h25-36,40-44,69-70H,13-24,56H2,1-12H3,(H2,57,71)(H,58,75)(H,59,80)(H,60,77)(H,61,81)(H,62,76)(H,63,72)(H,64,82)(H,65,83)(H,66,78)(H,67,79)(H,73,74)(H,85,86)/t28-,29-,30+,31+,32-,33-,34-,35-,36-,40-,41-,42-,43-,44-/m0/s1. The predicted molar refractivity (Wildman–Crippen MR) is 317 cm³/mol. The lowest BCUT2D eigenvalue weighted by atomic mass is 9.96. The van der Waals surface area contributed by atoms with Crippen molar-refractivity contribution in [3.05, 3.63) is 0 Å². The molecular weight excluding hydrogens is 1160 g/mol. The van der Waals surface area contributed by atoms with Gasteiger partial charge in [0.1, 0.15) is 60.4 Å². The van der Waals surface area contributed by atoms with E-state index in [0.29, 0.717) is 12.8 Å². The minimum absolute atomic E-state index is 0.0490. The van der Waals surface area contributed by atoms with Crippen molar-refractivity contribution in [1.82, 2.24) is 58.1 Å². The van der Waals surface area contributed by atoms with E-state index in [2.05, 4.69) is 53.2 Å². The number of amides is 12. The van der Waals surface area contributed by atoms with Crippen LogP contribution in [0.15, 0.2) is 0 Å². The van der Waals surface area contributed by atoms with Gasteiger partial charge < -0.3 is 90.0 Å². The van der Waals surface area contributed by atoms with E-state index in [1.807, 2.05) is 0 Å². The second-order valence-electron chi connectivity index (χ2n) is 23.0. The number of carbonyl (C=O) groups excluding carboxylic acids is 12. The van der Waals surface area contributed by atoms with Gasteiger partial charge in [0.25, 0.3) is 0 Å². The zero-order valence-corrected chi connectivity index (χ0v) is 52.6. The van der Waals surface area contributed by atoms with Crippen molar-refractivity contribution in [2.75, 3.05) is 25.1 Å². The fourth-order valence-electron chi connectivity index (χ4n) is 8.92. The second kappa shape index (κ2) is 38.2. The van der Waals surface area contributed by atoms with E-state index in [9.17, 15) is 87.5 Å². The van der Waals surface area contributed by atoms with Crippen molar-refractivity contribution in [2.45, 2.75) is 213 Å². The van der Waals surface area contributed by atoms with Gasteiger partial charge in [0, 0.05) is 19.4 Å². The molecule has 1 fully saturated rings. The Labute approximate surface area is 511 Å². The smallest absolute Gasteiger partial charge is 0.326 e. The molecule has 14 atom stereocenters. The molecule has 0 aromatic rings. The number of nitrogens with one attached hydrogen (secondary N) is 10. The highest BCUT2D eigenvalue weighted by Gasteiger charge is 2.42. The highest BCUT2D eigenvalue weighted by molar-refractivity contribution is 7.98. The van der Waals surface area contributed by atoms with Crippen LogP contribution in [0.25, 0.3) is 0 Å². The molecule has 1 aliphatic heterocycles. The number of thioether (sulfide) groups is 1. The van der Waals surface area contributed by atoms with Crippen LogP contribution in [-0.2, 0) is 67.1 Å². The number of carboxylic acid groups (broad SMARTS) is 2. The summed E-state index contributed by atoms with van der Waals surface area (Å²) in [5, 5.41) is 65.1. The molecule has 1 aliphatic rings. The molecule has 0 aromatic heterocycles. The van der Waals surface area contributed by atoms with E-state index in [0.717, 1.165) is 0 Å². The van der Waals surface area contributed by atoms with E-state index in [1.165, 1.54) is 51.3 Å². The van der Waals surface area contributed by atoms with Crippen LogP contribution in [0.2, 0.25) is 0 Å². The Hall–Kier alpha value is -7.19. The predicted octanol–water partition coefficient (Wildman–Crippen LogP) is -4.06. The molecular formula is C55H95N13O18S. The monoisotopic (exact) mass is 1260 g/mol. The Morgan fingerprint density at radius 2 is 1.05 bits per heavy atom. The number of nitrogens with zero attached hydrogens (tertiary/aromatic N) is 1. The van der Waals surface area contributed by atoms with Crippen LogP contribution >= 0.6 is 11.8 Å². The highest BCUT2D eigenvalue weighted by Crippen LogP contribution is 2.22. The number of aliphatic carboxylic acids is 2. The summed E-state index contributed by atoms with van der Waals surface area (Å²) in [5.74, 6) is -15.0. The third kappa shape index (κ3) is 26.8. The molecule has 0 aromatic carbocycles. The van der Waals surface area contributed by atoms with Gasteiger partial charge >= 0.3 is 11.9 Å². The molecule has 494 valence electrons. The summed E-state index contributed by atoms with van der Waals surface area (Å²) in [6.07, 6.45) is -2.30. The van der Waals surface area contributed by atoms with E-state index in [4.69, 9.17) is 11.5 Å². The first-order valence-corrected chi connectivity index (χ1v) is 30.5. The molecule has 1 heterocycles. The van der Waals surface area contributed by atoms with Crippen LogP contribution in [0, 0.1) is 23.7 Å². The van der Waals surface area contributed by atoms with Crippen molar-refractivity contribution < 1.29 is 87.5 Å². The fourth-order valence-corrected chi connectivity index (χ4v) is 9.39. The van der Waals surface area contributed by atoms with Crippen LogP contribution in [0.4, 0.5) is 0 Å². The Bertz CT molecular complexity index is 2410. The summed E-state index contributed by atoms with van der Waals surface area (Å²) in [4.78, 5) is 186. The molecule has 18 N–H and O–H groups in total. The van der Waals surface area contributed by atoms with E-state index >= 15 is 0 Å². The molecule has 12 amide bonds. The first kappa shape index (κ1) is 77.8. The van der Waals surface area contributed by atoms with Gasteiger partial charge in [-0.25, -0.2) is 4.79 Å². The van der Waals surface area contributed by atoms with Crippen molar-refractivity contribution in [3.8, 4) is 0 Å². The zero-order chi connectivity index (χ0) is 66.7. The fraction of sp³-hybridized carbons (Fsp3) is 0.745. The minimum Gasteiger partial charge on any atom is -0.481 e. The first-order chi connectivity index (χ1) is 40.5. The summed E-state index contributed by atoms with van der Waals surface area (Å²) in [6.45, 7) is 16.3. The van der Waals surface area contributed by atoms with Crippen LogP contribution in [0.3, 0.4) is 0 Å². The van der Waals surface area contributed by atoms with Crippen molar-refractivity contribution in [1.29, 1.82) is 0 Å². The minimum atomic E-state index is -1.77. The topological polar surface area (TPSA) is 495 Å². The average molecular weight is 1260 g/mol. The maximum absolute atomic E-state index is 14.4. The number of hydrogen-bond acceptors (Lipinski definition) is 18. The van der Waals surface area contributed by atoms with Crippen LogP contribution < -0.4 is 64.6 Å². The van der Waals surface area contributed by atoms with Crippen LogP contribution in [0.5, 0.6) is 0 Å².